The number of nitrogens with zero attached hydrogens (tertiary/aromatic N) is 1. The fraction of sp³-hybridized carbons (Fsp3) is 0.154. The third-order valence-electron chi connectivity index (χ3n) is 2.48. The first-order valence-electron chi connectivity index (χ1n) is 5.41. The molecule has 94 valence electrons. The molecule has 0 spiro atoms. The number of aromatic hydroxyl groups is 1. The normalized spacial score (nSPS) is 10.4. The van der Waals surface area contributed by atoms with Gasteiger partial charge in [-0.1, -0.05) is 6.07 Å². The van der Waals surface area contributed by atoms with Gasteiger partial charge in [0, 0.05) is 10.2 Å². The summed E-state index contributed by atoms with van der Waals surface area (Å²) in [4.78, 5) is 4.20. The van der Waals surface area contributed by atoms with Gasteiger partial charge in [-0.05, 0) is 47.1 Å². The second-order valence-electron chi connectivity index (χ2n) is 3.87. The van der Waals surface area contributed by atoms with Crippen LogP contribution < -0.4 is 5.32 Å². The Balaban J connectivity index is 2.19. The lowest BCUT2D eigenvalue weighted by molar-refractivity contribution is 0.464. The number of para-hydroxylation sites is 1. The van der Waals surface area contributed by atoms with Crippen molar-refractivity contribution in [2.75, 3.05) is 5.32 Å². The number of benzene rings is 1. The van der Waals surface area contributed by atoms with Crippen LogP contribution in [0.25, 0.3) is 0 Å². The summed E-state index contributed by atoms with van der Waals surface area (Å²) in [5.41, 5.74) is 1.66. The van der Waals surface area contributed by atoms with Gasteiger partial charge in [0.05, 0.1) is 12.2 Å². The Kier molecular flexibility index (Phi) is 3.81. The van der Waals surface area contributed by atoms with Crippen LogP contribution in [0, 0.1) is 12.7 Å². The zero-order valence-electron chi connectivity index (χ0n) is 9.74. The first kappa shape index (κ1) is 12.8. The third-order valence-corrected chi connectivity index (χ3v) is 3.15. The Morgan fingerprint density at radius 1 is 1.33 bits per heavy atom. The third kappa shape index (κ3) is 2.79. The lowest BCUT2D eigenvalue weighted by Gasteiger charge is -2.10. The molecule has 0 saturated heterocycles. The molecule has 1 aromatic heterocycles. The highest BCUT2D eigenvalue weighted by Gasteiger charge is 2.08. The highest BCUT2D eigenvalue weighted by molar-refractivity contribution is 9.10. The number of pyridine rings is 1. The first-order chi connectivity index (χ1) is 8.58. The summed E-state index contributed by atoms with van der Waals surface area (Å²) >= 11 is 3.27. The van der Waals surface area contributed by atoms with Crippen LogP contribution in [0.4, 0.5) is 10.1 Å². The van der Waals surface area contributed by atoms with E-state index in [0.29, 0.717) is 15.9 Å². The molecule has 2 rings (SSSR count). The molecule has 18 heavy (non-hydrogen) atoms. The maximum absolute atomic E-state index is 13.6. The van der Waals surface area contributed by atoms with Gasteiger partial charge < -0.3 is 10.4 Å². The van der Waals surface area contributed by atoms with Crippen molar-refractivity contribution in [3.8, 4) is 5.75 Å². The van der Waals surface area contributed by atoms with Crippen LogP contribution in [0.5, 0.6) is 5.75 Å². The van der Waals surface area contributed by atoms with Crippen molar-refractivity contribution in [3.05, 3.63) is 52.0 Å². The van der Waals surface area contributed by atoms with E-state index >= 15 is 0 Å². The van der Waals surface area contributed by atoms with Gasteiger partial charge in [0.25, 0.3) is 0 Å². The molecule has 3 nitrogen and oxygen atoms in total. The van der Waals surface area contributed by atoms with E-state index in [-0.39, 0.29) is 18.1 Å². The molecule has 0 radical (unpaired) electrons. The van der Waals surface area contributed by atoms with Crippen LogP contribution in [-0.4, -0.2) is 10.1 Å². The van der Waals surface area contributed by atoms with Gasteiger partial charge >= 0.3 is 0 Å². The van der Waals surface area contributed by atoms with Crippen LogP contribution in [-0.2, 0) is 6.54 Å². The number of aromatic nitrogens is 1. The average Bonchev–Trinajstić information content (AvgIpc) is 2.33. The van der Waals surface area contributed by atoms with Gasteiger partial charge in [-0.25, -0.2) is 4.39 Å². The number of anilines is 1. The van der Waals surface area contributed by atoms with E-state index in [2.05, 4.69) is 26.2 Å². The van der Waals surface area contributed by atoms with Crippen LogP contribution in [0.1, 0.15) is 11.4 Å². The highest BCUT2D eigenvalue weighted by Crippen LogP contribution is 2.26. The molecule has 0 saturated carbocycles. The van der Waals surface area contributed by atoms with E-state index in [9.17, 15) is 9.50 Å². The van der Waals surface area contributed by atoms with Crippen LogP contribution in [0.15, 0.2) is 34.8 Å². The van der Waals surface area contributed by atoms with E-state index in [1.807, 2.05) is 6.92 Å². The maximum atomic E-state index is 13.6. The Morgan fingerprint density at radius 2 is 2.11 bits per heavy atom. The van der Waals surface area contributed by atoms with Crippen molar-refractivity contribution >= 4 is 21.6 Å². The molecule has 2 N–H and O–H groups in total. The summed E-state index contributed by atoms with van der Waals surface area (Å²) in [6.45, 7) is 2.09. The predicted molar refractivity (Wildman–Crippen MR) is 72.1 cm³/mol. The average molecular weight is 311 g/mol. The van der Waals surface area contributed by atoms with Crippen molar-refractivity contribution in [3.63, 3.8) is 0 Å². The summed E-state index contributed by atoms with van der Waals surface area (Å²) in [5, 5.41) is 12.6. The first-order valence-corrected chi connectivity index (χ1v) is 6.20. The Hall–Kier alpha value is -1.62. The van der Waals surface area contributed by atoms with E-state index in [0.717, 1.165) is 5.69 Å². The Morgan fingerprint density at radius 3 is 2.83 bits per heavy atom. The second-order valence-corrected chi connectivity index (χ2v) is 4.72. The van der Waals surface area contributed by atoms with Gasteiger partial charge in [-0.2, -0.15) is 0 Å². The summed E-state index contributed by atoms with van der Waals surface area (Å²) < 4.78 is 14.2. The minimum Gasteiger partial charge on any atom is -0.506 e. The predicted octanol–water partition coefficient (Wildman–Crippen LogP) is 3.61. The summed E-state index contributed by atoms with van der Waals surface area (Å²) in [6, 6.07) is 8.03. The van der Waals surface area contributed by atoms with E-state index in [4.69, 9.17) is 0 Å². The Labute approximate surface area is 113 Å². The molecule has 5 heteroatoms. The SMILES string of the molecule is Cc1ccc(O)c(CNc2c(F)cccc2Br)n1. The van der Waals surface area contributed by atoms with E-state index in [1.165, 1.54) is 6.07 Å². The molecule has 2 aromatic rings. The number of hydrogen-bond donors (Lipinski definition) is 2. The fourth-order valence-electron chi connectivity index (χ4n) is 1.57. The van der Waals surface area contributed by atoms with Gasteiger partial charge in [0.2, 0.25) is 0 Å². The summed E-state index contributed by atoms with van der Waals surface area (Å²) in [5.74, 6) is -0.253. The zero-order valence-corrected chi connectivity index (χ0v) is 11.3. The minimum absolute atomic E-state index is 0.0977. The number of hydrogen-bond acceptors (Lipinski definition) is 3. The van der Waals surface area contributed by atoms with Gasteiger partial charge in [-0.15, -0.1) is 0 Å². The number of halogens is 2. The van der Waals surface area contributed by atoms with Crippen molar-refractivity contribution in [1.29, 1.82) is 0 Å². The molecule has 0 amide bonds. The lowest BCUT2D eigenvalue weighted by Crippen LogP contribution is -2.05. The molecular formula is C13H12BrFN2O. The van der Waals surface area contributed by atoms with Gasteiger partial charge in [0.15, 0.2) is 0 Å². The molecule has 0 bridgehead atoms. The largest absolute Gasteiger partial charge is 0.506 e. The standard InChI is InChI=1S/C13H12BrFN2O/c1-8-5-6-12(18)11(17-8)7-16-13-9(14)3-2-4-10(13)15/h2-6,16,18H,7H2,1H3. The van der Waals surface area contributed by atoms with Crippen molar-refractivity contribution in [1.82, 2.24) is 4.98 Å². The molecule has 0 unspecified atom stereocenters. The smallest absolute Gasteiger partial charge is 0.147 e. The van der Waals surface area contributed by atoms with Gasteiger partial charge in [0.1, 0.15) is 17.3 Å². The maximum Gasteiger partial charge on any atom is 0.147 e. The lowest BCUT2D eigenvalue weighted by atomic mass is 10.2. The van der Waals surface area contributed by atoms with Crippen molar-refractivity contribution in [2.45, 2.75) is 13.5 Å². The van der Waals surface area contributed by atoms with Crippen LogP contribution >= 0.6 is 15.9 Å². The molecule has 0 aliphatic rings. The monoisotopic (exact) mass is 310 g/mol. The second kappa shape index (κ2) is 5.35. The molecule has 1 heterocycles. The number of rotatable bonds is 3. The molecule has 1 aromatic carbocycles. The van der Waals surface area contributed by atoms with Gasteiger partial charge in [-0.3, -0.25) is 4.98 Å². The van der Waals surface area contributed by atoms with Crippen molar-refractivity contribution < 1.29 is 9.50 Å². The van der Waals surface area contributed by atoms with Crippen LogP contribution in [0.2, 0.25) is 0 Å². The topological polar surface area (TPSA) is 45.1 Å². The molecule has 0 atom stereocenters. The fourth-order valence-corrected chi connectivity index (χ4v) is 2.05. The molecule has 0 fully saturated rings. The zero-order chi connectivity index (χ0) is 13.1. The number of aryl methyl sites for hydroxylation is 1. The quantitative estimate of drug-likeness (QED) is 0.910. The molecule has 0 aliphatic carbocycles. The van der Waals surface area contributed by atoms with Crippen molar-refractivity contribution in [2.24, 2.45) is 0 Å². The molecular weight excluding hydrogens is 299 g/mol. The van der Waals surface area contributed by atoms with E-state index in [1.54, 1.807) is 24.3 Å². The summed E-state index contributed by atoms with van der Waals surface area (Å²) in [7, 11) is 0. The van der Waals surface area contributed by atoms with E-state index < -0.39 is 0 Å². The highest BCUT2D eigenvalue weighted by atomic mass is 79.9. The number of nitrogens with one attached hydrogen (secondary N) is 1. The van der Waals surface area contributed by atoms with Crippen LogP contribution in [0.3, 0.4) is 0 Å². The Bertz CT molecular complexity index is 555. The summed E-state index contributed by atoms with van der Waals surface area (Å²) in [6.07, 6.45) is 0. The molecule has 0 aliphatic heterocycles. The minimum atomic E-state index is -0.350.